The molecular formula is C15H25NO4S. The van der Waals surface area contributed by atoms with E-state index in [1.54, 1.807) is 6.07 Å². The minimum absolute atomic E-state index is 0.0582. The lowest BCUT2D eigenvalue weighted by Gasteiger charge is -2.16. The molecule has 120 valence electrons. The number of hydrogen-bond acceptors (Lipinski definition) is 4. The highest BCUT2D eigenvalue weighted by molar-refractivity contribution is 7.89. The van der Waals surface area contributed by atoms with Crippen molar-refractivity contribution in [2.24, 2.45) is 0 Å². The molecule has 6 heteroatoms. The van der Waals surface area contributed by atoms with E-state index in [1.165, 1.54) is 12.1 Å². The highest BCUT2D eigenvalue weighted by Crippen LogP contribution is 2.30. The van der Waals surface area contributed by atoms with Crippen LogP contribution in [0.2, 0.25) is 0 Å². The van der Waals surface area contributed by atoms with E-state index < -0.39 is 10.0 Å². The molecule has 0 spiro atoms. The van der Waals surface area contributed by atoms with Gasteiger partial charge in [-0.25, -0.2) is 13.1 Å². The van der Waals surface area contributed by atoms with Crippen molar-refractivity contribution < 1.29 is 17.9 Å². The molecule has 0 heterocycles. The summed E-state index contributed by atoms with van der Waals surface area (Å²) in [6.07, 6.45) is 1.51. The van der Waals surface area contributed by atoms with Crippen molar-refractivity contribution in [3.8, 4) is 11.5 Å². The first-order chi connectivity index (χ1) is 9.98. The van der Waals surface area contributed by atoms with Gasteiger partial charge in [0, 0.05) is 12.1 Å². The Morgan fingerprint density at radius 1 is 1.00 bits per heavy atom. The van der Waals surface area contributed by atoms with Gasteiger partial charge in [-0.1, -0.05) is 13.8 Å². The third-order valence-corrected chi connectivity index (χ3v) is 4.65. The molecule has 0 atom stereocenters. The van der Waals surface area contributed by atoms with Gasteiger partial charge in [-0.2, -0.15) is 0 Å². The SMILES string of the molecule is CCOc1ccc(S(=O)(=O)NC(CC)CC)cc1OCC. The summed E-state index contributed by atoms with van der Waals surface area (Å²) in [6.45, 7) is 8.58. The Morgan fingerprint density at radius 3 is 2.10 bits per heavy atom. The van der Waals surface area contributed by atoms with E-state index in [0.29, 0.717) is 24.7 Å². The summed E-state index contributed by atoms with van der Waals surface area (Å²) in [5.41, 5.74) is 0. The third-order valence-electron chi connectivity index (χ3n) is 3.13. The second kappa shape index (κ2) is 8.24. The maximum Gasteiger partial charge on any atom is 0.240 e. The van der Waals surface area contributed by atoms with Crippen molar-refractivity contribution in [2.75, 3.05) is 13.2 Å². The van der Waals surface area contributed by atoms with Gasteiger partial charge in [0.2, 0.25) is 10.0 Å². The lowest BCUT2D eigenvalue weighted by atomic mass is 10.2. The first-order valence-corrected chi connectivity index (χ1v) is 8.88. The van der Waals surface area contributed by atoms with Crippen molar-refractivity contribution >= 4 is 10.0 Å². The van der Waals surface area contributed by atoms with Crippen molar-refractivity contribution in [3.63, 3.8) is 0 Å². The van der Waals surface area contributed by atoms with E-state index in [4.69, 9.17) is 9.47 Å². The molecule has 0 bridgehead atoms. The summed E-state index contributed by atoms with van der Waals surface area (Å²) in [4.78, 5) is 0.196. The summed E-state index contributed by atoms with van der Waals surface area (Å²) in [5.74, 6) is 1.01. The quantitative estimate of drug-likeness (QED) is 0.761. The zero-order valence-electron chi connectivity index (χ0n) is 13.2. The highest BCUT2D eigenvalue weighted by atomic mass is 32.2. The van der Waals surface area contributed by atoms with Gasteiger partial charge >= 0.3 is 0 Å². The molecule has 0 fully saturated rings. The van der Waals surface area contributed by atoms with E-state index >= 15 is 0 Å². The molecule has 0 amide bonds. The lowest BCUT2D eigenvalue weighted by molar-refractivity contribution is 0.287. The maximum atomic E-state index is 12.4. The van der Waals surface area contributed by atoms with Gasteiger partial charge in [-0.15, -0.1) is 0 Å². The monoisotopic (exact) mass is 315 g/mol. The third kappa shape index (κ3) is 4.89. The Morgan fingerprint density at radius 2 is 1.57 bits per heavy atom. The molecular weight excluding hydrogens is 290 g/mol. The average molecular weight is 315 g/mol. The molecule has 0 aliphatic rings. The zero-order valence-corrected chi connectivity index (χ0v) is 14.0. The number of ether oxygens (including phenoxy) is 2. The molecule has 1 N–H and O–H groups in total. The molecule has 1 aromatic rings. The van der Waals surface area contributed by atoms with Crippen molar-refractivity contribution in [1.29, 1.82) is 0 Å². The number of nitrogens with one attached hydrogen (secondary N) is 1. The molecule has 0 saturated carbocycles. The van der Waals surface area contributed by atoms with Crippen LogP contribution < -0.4 is 14.2 Å². The summed E-state index contributed by atoms with van der Waals surface area (Å²) < 4.78 is 38.4. The highest BCUT2D eigenvalue weighted by Gasteiger charge is 2.20. The van der Waals surface area contributed by atoms with Gasteiger partial charge in [0.05, 0.1) is 18.1 Å². The lowest BCUT2D eigenvalue weighted by Crippen LogP contribution is -2.33. The Balaban J connectivity index is 3.09. The largest absolute Gasteiger partial charge is 0.490 e. The zero-order chi connectivity index (χ0) is 15.9. The van der Waals surface area contributed by atoms with Gasteiger partial charge in [-0.05, 0) is 38.8 Å². The van der Waals surface area contributed by atoms with Gasteiger partial charge in [-0.3, -0.25) is 0 Å². The van der Waals surface area contributed by atoms with Gasteiger partial charge < -0.3 is 9.47 Å². The topological polar surface area (TPSA) is 64.6 Å². The van der Waals surface area contributed by atoms with E-state index in [2.05, 4.69) is 4.72 Å². The van der Waals surface area contributed by atoms with E-state index in [0.717, 1.165) is 12.8 Å². The van der Waals surface area contributed by atoms with Crippen LogP contribution >= 0.6 is 0 Å². The molecule has 0 saturated heterocycles. The normalized spacial score (nSPS) is 11.7. The number of rotatable bonds is 9. The van der Waals surface area contributed by atoms with Crippen molar-refractivity contribution in [3.05, 3.63) is 18.2 Å². The molecule has 0 aliphatic carbocycles. The maximum absolute atomic E-state index is 12.4. The fourth-order valence-corrected chi connectivity index (χ4v) is 3.36. The van der Waals surface area contributed by atoms with Crippen LogP contribution in [0.3, 0.4) is 0 Å². The Bertz CT molecular complexity index is 539. The molecule has 1 aromatic carbocycles. The Labute approximate surface area is 127 Å². The van der Waals surface area contributed by atoms with Gasteiger partial charge in [0.1, 0.15) is 0 Å². The molecule has 5 nitrogen and oxygen atoms in total. The second-order valence-electron chi connectivity index (χ2n) is 4.61. The summed E-state index contributed by atoms with van der Waals surface area (Å²) in [6, 6.07) is 4.63. The van der Waals surface area contributed by atoms with Crippen LogP contribution in [0.1, 0.15) is 40.5 Å². The molecule has 1 rings (SSSR count). The van der Waals surface area contributed by atoms with Crippen molar-refractivity contribution in [2.45, 2.75) is 51.5 Å². The van der Waals surface area contributed by atoms with Crippen LogP contribution in [0.25, 0.3) is 0 Å². The molecule has 0 aliphatic heterocycles. The number of benzene rings is 1. The first kappa shape index (κ1) is 17.8. The Kier molecular flexibility index (Phi) is 6.98. The van der Waals surface area contributed by atoms with Crippen LogP contribution in [-0.2, 0) is 10.0 Å². The second-order valence-corrected chi connectivity index (χ2v) is 6.32. The van der Waals surface area contributed by atoms with E-state index in [-0.39, 0.29) is 10.9 Å². The molecule has 0 radical (unpaired) electrons. The predicted molar refractivity (Wildman–Crippen MR) is 83.5 cm³/mol. The standard InChI is InChI=1S/C15H25NO4S/c1-5-12(6-2)16-21(17,18)13-9-10-14(19-7-3)15(11-13)20-8-4/h9-12,16H,5-8H2,1-4H3. The number of hydrogen-bond donors (Lipinski definition) is 1. The van der Waals surface area contributed by atoms with E-state index in [9.17, 15) is 8.42 Å². The molecule has 21 heavy (non-hydrogen) atoms. The fraction of sp³-hybridized carbons (Fsp3) is 0.600. The fourth-order valence-electron chi connectivity index (χ4n) is 1.94. The summed E-state index contributed by atoms with van der Waals surface area (Å²) in [5, 5.41) is 0. The summed E-state index contributed by atoms with van der Waals surface area (Å²) in [7, 11) is -3.54. The van der Waals surface area contributed by atoms with Gasteiger partial charge in [0.15, 0.2) is 11.5 Å². The van der Waals surface area contributed by atoms with Crippen LogP contribution in [0.5, 0.6) is 11.5 Å². The minimum Gasteiger partial charge on any atom is -0.490 e. The smallest absolute Gasteiger partial charge is 0.240 e. The van der Waals surface area contributed by atoms with Crippen molar-refractivity contribution in [1.82, 2.24) is 4.72 Å². The predicted octanol–water partition coefficient (Wildman–Crippen LogP) is 2.95. The van der Waals surface area contributed by atoms with Crippen LogP contribution in [0.15, 0.2) is 23.1 Å². The molecule has 0 aromatic heterocycles. The van der Waals surface area contributed by atoms with Crippen LogP contribution in [-0.4, -0.2) is 27.7 Å². The molecule has 0 unspecified atom stereocenters. The van der Waals surface area contributed by atoms with E-state index in [1.807, 2.05) is 27.7 Å². The first-order valence-electron chi connectivity index (χ1n) is 7.40. The summed E-state index contributed by atoms with van der Waals surface area (Å²) >= 11 is 0. The Hall–Kier alpha value is -1.27. The van der Waals surface area contributed by atoms with Gasteiger partial charge in [0.25, 0.3) is 0 Å². The number of sulfonamides is 1. The minimum atomic E-state index is -3.54. The van der Waals surface area contributed by atoms with Crippen LogP contribution in [0.4, 0.5) is 0 Å². The average Bonchev–Trinajstić information content (AvgIpc) is 2.47. The van der Waals surface area contributed by atoms with Crippen LogP contribution in [0, 0.1) is 0 Å².